The van der Waals surface area contributed by atoms with E-state index in [4.69, 9.17) is 0 Å². The van der Waals surface area contributed by atoms with Crippen LogP contribution in [0.5, 0.6) is 0 Å². The van der Waals surface area contributed by atoms with Gasteiger partial charge in [-0.25, -0.2) is 9.18 Å². The number of hydrogen-bond acceptors (Lipinski definition) is 3. The molecule has 3 amide bonds. The van der Waals surface area contributed by atoms with Crippen LogP contribution in [0.2, 0.25) is 0 Å². The van der Waals surface area contributed by atoms with Crippen molar-refractivity contribution in [1.82, 2.24) is 4.90 Å². The molecule has 0 aromatic heterocycles. The molecule has 6 heteroatoms. The summed E-state index contributed by atoms with van der Waals surface area (Å²) in [7, 11) is 0. The topological polar surface area (TPSA) is 57.7 Å². The van der Waals surface area contributed by atoms with E-state index in [9.17, 15) is 18.8 Å². The van der Waals surface area contributed by atoms with Gasteiger partial charge in [0.1, 0.15) is 11.9 Å². The van der Waals surface area contributed by atoms with Crippen LogP contribution >= 0.6 is 0 Å². The summed E-state index contributed by atoms with van der Waals surface area (Å²) in [6.45, 7) is 8.89. The second-order valence-electron chi connectivity index (χ2n) is 7.27. The average molecular weight is 382 g/mol. The SMILES string of the molecule is CC(=O)c1c(C)cc(C)c(CN2C(=O)[C@@H](C)N(c3ccc(F)cc3)C2=O)c1C. The van der Waals surface area contributed by atoms with Gasteiger partial charge in [0.05, 0.1) is 6.54 Å². The number of hydrogen-bond donors (Lipinski definition) is 0. The van der Waals surface area contributed by atoms with Gasteiger partial charge in [-0.05, 0) is 81.1 Å². The maximum absolute atomic E-state index is 13.2. The molecule has 1 aliphatic rings. The lowest BCUT2D eigenvalue weighted by atomic mass is 9.91. The summed E-state index contributed by atoms with van der Waals surface area (Å²) in [4.78, 5) is 40.4. The van der Waals surface area contributed by atoms with Crippen molar-refractivity contribution >= 4 is 23.4 Å². The largest absolute Gasteiger partial charge is 0.332 e. The molecular formula is C22H23FN2O3. The van der Waals surface area contributed by atoms with Crippen molar-refractivity contribution in [1.29, 1.82) is 0 Å². The lowest BCUT2D eigenvalue weighted by Gasteiger charge is -2.21. The Morgan fingerprint density at radius 3 is 2.25 bits per heavy atom. The molecule has 1 atom stereocenters. The molecular weight excluding hydrogens is 359 g/mol. The third-order valence-corrected chi connectivity index (χ3v) is 5.35. The van der Waals surface area contributed by atoms with Crippen molar-refractivity contribution in [2.75, 3.05) is 4.90 Å². The maximum atomic E-state index is 13.2. The van der Waals surface area contributed by atoms with Gasteiger partial charge in [0.15, 0.2) is 5.78 Å². The molecule has 0 saturated carbocycles. The van der Waals surface area contributed by atoms with Crippen molar-refractivity contribution in [2.24, 2.45) is 0 Å². The minimum atomic E-state index is -0.684. The maximum Gasteiger partial charge on any atom is 0.332 e. The number of imide groups is 1. The van der Waals surface area contributed by atoms with E-state index >= 15 is 0 Å². The zero-order chi connectivity index (χ0) is 20.7. The number of urea groups is 1. The van der Waals surface area contributed by atoms with Crippen molar-refractivity contribution < 1.29 is 18.8 Å². The second kappa shape index (κ2) is 7.19. The molecule has 0 radical (unpaired) electrons. The first kappa shape index (κ1) is 19.7. The Hall–Kier alpha value is -3.02. The Morgan fingerprint density at radius 1 is 1.07 bits per heavy atom. The fourth-order valence-corrected chi connectivity index (χ4v) is 3.98. The zero-order valence-electron chi connectivity index (χ0n) is 16.7. The molecule has 2 aromatic rings. The van der Waals surface area contributed by atoms with E-state index in [1.165, 1.54) is 41.0 Å². The first-order valence-electron chi connectivity index (χ1n) is 9.14. The van der Waals surface area contributed by atoms with Crippen molar-refractivity contribution in [2.45, 2.75) is 47.2 Å². The third-order valence-electron chi connectivity index (χ3n) is 5.35. The predicted octanol–water partition coefficient (Wildman–Crippen LogP) is 4.31. The molecule has 0 spiro atoms. The van der Waals surface area contributed by atoms with Gasteiger partial charge in [0.2, 0.25) is 0 Å². The van der Waals surface area contributed by atoms with Gasteiger partial charge in [-0.1, -0.05) is 6.07 Å². The van der Waals surface area contributed by atoms with Crippen LogP contribution in [0, 0.1) is 26.6 Å². The van der Waals surface area contributed by atoms with E-state index in [1.807, 2.05) is 26.8 Å². The van der Waals surface area contributed by atoms with Crippen LogP contribution in [0.3, 0.4) is 0 Å². The highest BCUT2D eigenvalue weighted by molar-refractivity contribution is 6.14. The average Bonchev–Trinajstić information content (AvgIpc) is 2.82. The molecule has 1 saturated heterocycles. The summed E-state index contributed by atoms with van der Waals surface area (Å²) in [5, 5.41) is 0. The number of nitrogens with zero attached hydrogens (tertiary/aromatic N) is 2. The Labute approximate surface area is 163 Å². The summed E-state index contributed by atoms with van der Waals surface area (Å²) in [5.41, 5.74) is 4.49. The number of ketones is 1. The zero-order valence-corrected chi connectivity index (χ0v) is 16.7. The van der Waals surface area contributed by atoms with Gasteiger partial charge in [-0.2, -0.15) is 0 Å². The van der Waals surface area contributed by atoms with Crippen molar-refractivity contribution in [3.63, 3.8) is 0 Å². The minimum Gasteiger partial charge on any atom is -0.294 e. The predicted molar refractivity (Wildman–Crippen MR) is 105 cm³/mol. The Morgan fingerprint density at radius 2 is 1.68 bits per heavy atom. The molecule has 28 heavy (non-hydrogen) atoms. The van der Waals surface area contributed by atoms with Crippen LogP contribution in [0.25, 0.3) is 0 Å². The quantitative estimate of drug-likeness (QED) is 0.585. The normalized spacial score (nSPS) is 16.9. The number of carbonyl (C=O) groups excluding carboxylic acids is 3. The molecule has 0 aliphatic carbocycles. The molecule has 1 fully saturated rings. The molecule has 3 rings (SSSR count). The highest BCUT2D eigenvalue weighted by atomic mass is 19.1. The fourth-order valence-electron chi connectivity index (χ4n) is 3.98. The number of benzene rings is 2. The van der Waals surface area contributed by atoms with E-state index in [0.29, 0.717) is 11.3 Å². The molecule has 1 heterocycles. The van der Waals surface area contributed by atoms with Gasteiger partial charge in [0.25, 0.3) is 5.91 Å². The number of amides is 3. The number of aryl methyl sites for hydroxylation is 2. The number of Topliss-reactive ketones (excluding diaryl/α,β-unsaturated/α-hetero) is 1. The van der Waals surface area contributed by atoms with Gasteiger partial charge >= 0.3 is 6.03 Å². The lowest BCUT2D eigenvalue weighted by molar-refractivity contribution is -0.127. The second-order valence-corrected chi connectivity index (χ2v) is 7.27. The van der Waals surface area contributed by atoms with E-state index in [-0.39, 0.29) is 18.2 Å². The van der Waals surface area contributed by atoms with Crippen LogP contribution in [-0.2, 0) is 11.3 Å². The van der Waals surface area contributed by atoms with Gasteiger partial charge in [-0.15, -0.1) is 0 Å². The lowest BCUT2D eigenvalue weighted by Crippen LogP contribution is -2.34. The van der Waals surface area contributed by atoms with E-state index in [0.717, 1.165) is 22.3 Å². The van der Waals surface area contributed by atoms with E-state index < -0.39 is 17.9 Å². The summed E-state index contributed by atoms with van der Waals surface area (Å²) >= 11 is 0. The summed E-state index contributed by atoms with van der Waals surface area (Å²) in [6, 6.07) is 6.26. The van der Waals surface area contributed by atoms with E-state index in [1.54, 1.807) is 6.92 Å². The first-order valence-corrected chi connectivity index (χ1v) is 9.14. The van der Waals surface area contributed by atoms with Crippen LogP contribution in [0.4, 0.5) is 14.9 Å². The molecule has 0 N–H and O–H groups in total. The van der Waals surface area contributed by atoms with E-state index in [2.05, 4.69) is 0 Å². The smallest absolute Gasteiger partial charge is 0.294 e. The molecule has 0 unspecified atom stereocenters. The Bertz CT molecular complexity index is 982. The monoisotopic (exact) mass is 382 g/mol. The number of halogens is 1. The molecule has 0 bridgehead atoms. The number of carbonyl (C=O) groups is 3. The number of rotatable bonds is 4. The van der Waals surface area contributed by atoms with Crippen LogP contribution < -0.4 is 4.90 Å². The summed E-state index contributed by atoms with van der Waals surface area (Å²) in [5.74, 6) is -0.774. The van der Waals surface area contributed by atoms with Crippen LogP contribution in [-0.4, -0.2) is 28.7 Å². The number of anilines is 1. The first-order chi connectivity index (χ1) is 13.1. The highest BCUT2D eigenvalue weighted by Gasteiger charge is 2.43. The van der Waals surface area contributed by atoms with Gasteiger partial charge < -0.3 is 0 Å². The standard InChI is InChI=1S/C22H23FN2O3/c1-12-10-13(2)20(16(5)26)14(3)19(12)11-24-21(27)15(4)25(22(24)28)18-8-6-17(23)7-9-18/h6-10,15H,11H2,1-5H3/t15-/m1/s1. The molecule has 5 nitrogen and oxygen atoms in total. The minimum absolute atomic E-state index is 0.0448. The van der Waals surface area contributed by atoms with Crippen molar-refractivity contribution in [3.05, 3.63) is 64.0 Å². The fraction of sp³-hybridized carbons (Fsp3) is 0.318. The van der Waals surface area contributed by atoms with Gasteiger partial charge in [-0.3, -0.25) is 19.4 Å². The molecule has 1 aliphatic heterocycles. The Kier molecular flexibility index (Phi) is 5.06. The summed E-state index contributed by atoms with van der Waals surface area (Å²) in [6.07, 6.45) is 0. The summed E-state index contributed by atoms with van der Waals surface area (Å²) < 4.78 is 13.2. The molecule has 146 valence electrons. The van der Waals surface area contributed by atoms with Gasteiger partial charge in [0, 0.05) is 11.3 Å². The Balaban J connectivity index is 1.98. The third kappa shape index (κ3) is 3.19. The van der Waals surface area contributed by atoms with Crippen LogP contribution in [0.1, 0.15) is 46.5 Å². The van der Waals surface area contributed by atoms with Crippen LogP contribution in [0.15, 0.2) is 30.3 Å². The van der Waals surface area contributed by atoms with Crippen molar-refractivity contribution in [3.8, 4) is 0 Å². The highest BCUT2D eigenvalue weighted by Crippen LogP contribution is 2.30. The molecule has 2 aromatic carbocycles.